The molecular formula is C25H38BrNO2. The van der Waals surface area contributed by atoms with Crippen LogP contribution in [0.15, 0.2) is 45.5 Å². The first-order valence-corrected chi connectivity index (χ1v) is 11.3. The van der Waals surface area contributed by atoms with Crippen LogP contribution in [0.4, 0.5) is 0 Å². The van der Waals surface area contributed by atoms with Crippen LogP contribution >= 0.6 is 15.9 Å². The summed E-state index contributed by atoms with van der Waals surface area (Å²) in [5.74, 6) is 0.692. The van der Waals surface area contributed by atoms with Gasteiger partial charge in [0.1, 0.15) is 0 Å². The predicted octanol–water partition coefficient (Wildman–Crippen LogP) is 6.89. The van der Waals surface area contributed by atoms with Crippen LogP contribution in [0, 0.1) is 0 Å². The number of likely N-dealkylation sites (N-methyl/N-ethyl adjacent to an activating group) is 1. The second-order valence-electron chi connectivity index (χ2n) is 7.90. The van der Waals surface area contributed by atoms with E-state index in [1.165, 1.54) is 22.3 Å². The zero-order valence-corrected chi connectivity index (χ0v) is 20.6. The summed E-state index contributed by atoms with van der Waals surface area (Å²) in [4.78, 5) is 0. The fourth-order valence-corrected chi connectivity index (χ4v) is 4.05. The van der Waals surface area contributed by atoms with Crippen molar-refractivity contribution in [1.29, 1.82) is 0 Å². The van der Waals surface area contributed by atoms with Crippen LogP contribution in [0.2, 0.25) is 0 Å². The third-order valence-electron chi connectivity index (χ3n) is 5.02. The van der Waals surface area contributed by atoms with Gasteiger partial charge in [0.2, 0.25) is 0 Å². The van der Waals surface area contributed by atoms with Crippen molar-refractivity contribution in [1.82, 2.24) is 5.32 Å². The van der Waals surface area contributed by atoms with Crippen molar-refractivity contribution < 1.29 is 9.84 Å². The Morgan fingerprint density at radius 3 is 2.28 bits per heavy atom. The number of hydrogen-bond acceptors (Lipinski definition) is 3. The molecule has 162 valence electrons. The van der Waals surface area contributed by atoms with E-state index in [-0.39, 0.29) is 5.75 Å². The number of allylic oxidation sites excluding steroid dienone is 6. The quantitative estimate of drug-likeness (QED) is 0.331. The molecule has 1 aromatic carbocycles. The number of aromatic hydroxyl groups is 1. The lowest BCUT2D eigenvalue weighted by Crippen LogP contribution is -2.12. The number of ether oxygens (including phenoxy) is 1. The highest BCUT2D eigenvalue weighted by atomic mass is 79.9. The van der Waals surface area contributed by atoms with E-state index in [2.05, 4.69) is 67.2 Å². The molecular weight excluding hydrogens is 426 g/mol. The van der Waals surface area contributed by atoms with Gasteiger partial charge in [0.15, 0.2) is 11.5 Å². The standard InChI is InChI=1S/C25H38BrNO2/c1-18(2)9-7-10-19(3)11-8-12-20(4)13-14-21-17-23(28)25(29-6)24(26)22(21)15-16-27-5/h9,11,13,17,27-28H,7-8,10,12,14-16H2,1-6H3/b19-11+,20-13+. The molecule has 0 radical (unpaired) electrons. The smallest absolute Gasteiger partial charge is 0.174 e. The molecule has 0 spiro atoms. The van der Waals surface area contributed by atoms with Gasteiger partial charge in [0, 0.05) is 0 Å². The van der Waals surface area contributed by atoms with Gasteiger partial charge in [0.25, 0.3) is 0 Å². The van der Waals surface area contributed by atoms with E-state index in [0.717, 1.165) is 55.1 Å². The monoisotopic (exact) mass is 463 g/mol. The summed E-state index contributed by atoms with van der Waals surface area (Å²) in [6, 6.07) is 1.84. The van der Waals surface area contributed by atoms with Crippen molar-refractivity contribution in [3.8, 4) is 11.5 Å². The van der Waals surface area contributed by atoms with E-state index in [0.29, 0.717) is 5.75 Å². The van der Waals surface area contributed by atoms with Crippen molar-refractivity contribution in [2.24, 2.45) is 0 Å². The Balaban J connectivity index is 2.76. The Bertz CT molecular complexity index is 744. The topological polar surface area (TPSA) is 41.5 Å². The molecule has 2 N–H and O–H groups in total. The van der Waals surface area contributed by atoms with E-state index in [4.69, 9.17) is 4.74 Å². The van der Waals surface area contributed by atoms with Crippen molar-refractivity contribution in [2.45, 2.75) is 66.2 Å². The van der Waals surface area contributed by atoms with Gasteiger partial charge < -0.3 is 15.2 Å². The molecule has 0 saturated heterocycles. The summed E-state index contributed by atoms with van der Waals surface area (Å²) < 4.78 is 6.20. The number of rotatable bonds is 12. The molecule has 3 nitrogen and oxygen atoms in total. The Hall–Kier alpha value is -1.52. The van der Waals surface area contributed by atoms with Crippen LogP contribution in [0.3, 0.4) is 0 Å². The van der Waals surface area contributed by atoms with Gasteiger partial charge in [-0.25, -0.2) is 0 Å². The molecule has 0 heterocycles. The van der Waals surface area contributed by atoms with Crippen LogP contribution in [0.1, 0.15) is 64.5 Å². The van der Waals surface area contributed by atoms with Gasteiger partial charge in [-0.15, -0.1) is 0 Å². The van der Waals surface area contributed by atoms with E-state index >= 15 is 0 Å². The summed E-state index contributed by atoms with van der Waals surface area (Å²) in [5.41, 5.74) is 6.56. The maximum absolute atomic E-state index is 10.3. The first-order chi connectivity index (χ1) is 13.8. The molecule has 1 aromatic rings. The Kier molecular flexibility index (Phi) is 12.0. The maximum atomic E-state index is 10.3. The third kappa shape index (κ3) is 9.22. The van der Waals surface area contributed by atoms with E-state index < -0.39 is 0 Å². The zero-order chi connectivity index (χ0) is 21.8. The van der Waals surface area contributed by atoms with Gasteiger partial charge in [-0.2, -0.15) is 0 Å². The first-order valence-electron chi connectivity index (χ1n) is 10.5. The van der Waals surface area contributed by atoms with Gasteiger partial charge in [-0.3, -0.25) is 0 Å². The molecule has 0 fully saturated rings. The average molecular weight is 464 g/mol. The highest BCUT2D eigenvalue weighted by molar-refractivity contribution is 9.10. The van der Waals surface area contributed by atoms with Crippen LogP contribution in [-0.2, 0) is 12.8 Å². The molecule has 0 aliphatic heterocycles. The molecule has 29 heavy (non-hydrogen) atoms. The third-order valence-corrected chi connectivity index (χ3v) is 5.86. The number of nitrogens with one attached hydrogen (secondary N) is 1. The molecule has 0 saturated carbocycles. The van der Waals surface area contributed by atoms with Crippen LogP contribution in [-0.4, -0.2) is 25.8 Å². The Labute approximate surface area is 186 Å². The lowest BCUT2D eigenvalue weighted by atomic mass is 9.98. The molecule has 1 rings (SSSR count). The lowest BCUT2D eigenvalue weighted by Gasteiger charge is -2.16. The lowest BCUT2D eigenvalue weighted by molar-refractivity contribution is 0.370. The van der Waals surface area contributed by atoms with Crippen molar-refractivity contribution >= 4 is 15.9 Å². The molecule has 0 atom stereocenters. The number of benzene rings is 1. The molecule has 4 heteroatoms. The average Bonchev–Trinajstić information content (AvgIpc) is 2.65. The summed E-state index contributed by atoms with van der Waals surface area (Å²) in [6.07, 6.45) is 13.0. The summed E-state index contributed by atoms with van der Waals surface area (Å²) in [7, 11) is 3.53. The maximum Gasteiger partial charge on any atom is 0.174 e. The SMILES string of the molecule is CNCCc1c(C/C=C(\C)CC/C=C(\C)CCC=C(C)C)cc(O)c(OC)c1Br. The second kappa shape index (κ2) is 13.7. The minimum Gasteiger partial charge on any atom is -0.504 e. The molecule has 0 unspecified atom stereocenters. The largest absolute Gasteiger partial charge is 0.504 e. The molecule has 0 aromatic heterocycles. The number of phenols is 1. The summed E-state index contributed by atoms with van der Waals surface area (Å²) in [5, 5.41) is 13.5. The van der Waals surface area contributed by atoms with Crippen LogP contribution in [0.5, 0.6) is 11.5 Å². The minimum absolute atomic E-state index is 0.184. The number of hydrogen-bond donors (Lipinski definition) is 2. The normalized spacial score (nSPS) is 12.2. The van der Waals surface area contributed by atoms with E-state index in [1.54, 1.807) is 7.11 Å². The molecule has 0 amide bonds. The number of halogens is 1. The highest BCUT2D eigenvalue weighted by Gasteiger charge is 2.16. The van der Waals surface area contributed by atoms with Crippen molar-refractivity contribution in [3.05, 3.63) is 56.6 Å². The first kappa shape index (κ1) is 25.5. The predicted molar refractivity (Wildman–Crippen MR) is 129 cm³/mol. The van der Waals surface area contributed by atoms with Crippen LogP contribution < -0.4 is 10.1 Å². The summed E-state index contributed by atoms with van der Waals surface area (Å²) in [6.45, 7) is 9.59. The van der Waals surface area contributed by atoms with E-state index in [9.17, 15) is 5.11 Å². The summed E-state index contributed by atoms with van der Waals surface area (Å²) >= 11 is 3.62. The Morgan fingerprint density at radius 2 is 1.69 bits per heavy atom. The number of methoxy groups -OCH3 is 1. The molecule has 0 aliphatic rings. The highest BCUT2D eigenvalue weighted by Crippen LogP contribution is 2.39. The zero-order valence-electron chi connectivity index (χ0n) is 19.0. The van der Waals surface area contributed by atoms with Crippen molar-refractivity contribution in [2.75, 3.05) is 20.7 Å². The fraction of sp³-hybridized carbons (Fsp3) is 0.520. The van der Waals surface area contributed by atoms with E-state index in [1.807, 2.05) is 13.1 Å². The molecule has 0 aliphatic carbocycles. The molecule has 0 bridgehead atoms. The second-order valence-corrected chi connectivity index (χ2v) is 8.69. The Morgan fingerprint density at radius 1 is 1.07 bits per heavy atom. The van der Waals surface area contributed by atoms with Crippen molar-refractivity contribution in [3.63, 3.8) is 0 Å². The fourth-order valence-electron chi connectivity index (χ4n) is 3.23. The minimum atomic E-state index is 0.184. The van der Waals surface area contributed by atoms with Crippen LogP contribution in [0.25, 0.3) is 0 Å². The number of phenolic OH excluding ortho intramolecular Hbond substituents is 1. The van der Waals surface area contributed by atoms with Gasteiger partial charge in [0.05, 0.1) is 11.6 Å². The van der Waals surface area contributed by atoms with Gasteiger partial charge in [-0.05, 0) is 113 Å². The van der Waals surface area contributed by atoms with Gasteiger partial charge >= 0.3 is 0 Å². The van der Waals surface area contributed by atoms with Gasteiger partial charge in [-0.1, -0.05) is 34.9 Å².